The molecule has 2 aromatic carbocycles. The van der Waals surface area contributed by atoms with Crippen LogP contribution in [0.4, 0.5) is 5.69 Å². The third-order valence-electron chi connectivity index (χ3n) is 4.25. The summed E-state index contributed by atoms with van der Waals surface area (Å²) >= 11 is 0. The average molecular weight is 369 g/mol. The molecule has 2 rings (SSSR count). The highest BCUT2D eigenvalue weighted by Gasteiger charge is 2.09. The molecular formula is C21H23NO5. The molecule has 0 aliphatic carbocycles. The van der Waals surface area contributed by atoms with Crippen LogP contribution in [0.5, 0.6) is 5.75 Å². The second-order valence-electron chi connectivity index (χ2n) is 6.41. The molecule has 0 fully saturated rings. The molecule has 0 aliphatic rings. The van der Waals surface area contributed by atoms with Gasteiger partial charge in [-0.3, -0.25) is 19.7 Å². The lowest BCUT2D eigenvalue weighted by Gasteiger charge is -2.05. The number of carbonyl (C=O) groups excluding carboxylic acids is 2. The molecule has 0 radical (unpaired) electrons. The van der Waals surface area contributed by atoms with E-state index in [9.17, 15) is 19.7 Å². The maximum atomic E-state index is 12.1. The van der Waals surface area contributed by atoms with Gasteiger partial charge in [-0.15, -0.1) is 0 Å². The molecule has 142 valence electrons. The lowest BCUT2D eigenvalue weighted by molar-refractivity contribution is -0.384. The summed E-state index contributed by atoms with van der Waals surface area (Å²) in [5, 5.41) is 10.6. The summed E-state index contributed by atoms with van der Waals surface area (Å²) in [6, 6.07) is 13.5. The van der Waals surface area contributed by atoms with Crippen molar-refractivity contribution in [3.63, 3.8) is 0 Å². The highest BCUT2D eigenvalue weighted by Crippen LogP contribution is 2.15. The number of benzene rings is 2. The second-order valence-corrected chi connectivity index (χ2v) is 6.41. The van der Waals surface area contributed by atoms with E-state index in [0.717, 1.165) is 16.9 Å². The highest BCUT2D eigenvalue weighted by atomic mass is 16.6. The lowest BCUT2D eigenvalue weighted by Crippen LogP contribution is -2.05. The number of nitro benzene ring substituents is 1. The van der Waals surface area contributed by atoms with Crippen LogP contribution in [0.15, 0.2) is 48.5 Å². The molecule has 0 N–H and O–H groups in total. The minimum Gasteiger partial charge on any atom is -0.497 e. The standard InChI is InChI=1S/C21H23NO5/c1-27-21-8-4-5-17(15-21)14-20(24)7-3-2-6-19(23)13-16-9-11-18(12-10-16)22(25)26/h4-5,8-12,15H,2-3,6-7,13-14H2,1H3. The van der Waals surface area contributed by atoms with E-state index in [4.69, 9.17) is 4.74 Å². The van der Waals surface area contributed by atoms with Crippen molar-refractivity contribution >= 4 is 17.3 Å². The van der Waals surface area contributed by atoms with E-state index in [1.165, 1.54) is 12.1 Å². The summed E-state index contributed by atoms with van der Waals surface area (Å²) in [7, 11) is 1.59. The Labute approximate surface area is 158 Å². The van der Waals surface area contributed by atoms with Crippen molar-refractivity contribution in [2.24, 2.45) is 0 Å². The van der Waals surface area contributed by atoms with E-state index < -0.39 is 4.92 Å². The number of nitrogens with zero attached hydrogens (tertiary/aromatic N) is 1. The molecule has 0 unspecified atom stereocenters. The van der Waals surface area contributed by atoms with Gasteiger partial charge in [0.05, 0.1) is 12.0 Å². The van der Waals surface area contributed by atoms with E-state index >= 15 is 0 Å². The van der Waals surface area contributed by atoms with Crippen LogP contribution in [0.2, 0.25) is 0 Å². The van der Waals surface area contributed by atoms with Crippen molar-refractivity contribution in [1.82, 2.24) is 0 Å². The van der Waals surface area contributed by atoms with Crippen molar-refractivity contribution in [3.05, 3.63) is 69.8 Å². The molecule has 0 saturated heterocycles. The van der Waals surface area contributed by atoms with Crippen LogP contribution < -0.4 is 4.74 Å². The van der Waals surface area contributed by atoms with Gasteiger partial charge in [-0.05, 0) is 36.1 Å². The number of rotatable bonds is 11. The quantitative estimate of drug-likeness (QED) is 0.338. The molecule has 6 nitrogen and oxygen atoms in total. The molecule has 0 saturated carbocycles. The number of non-ortho nitro benzene ring substituents is 1. The van der Waals surface area contributed by atoms with Gasteiger partial charge in [-0.1, -0.05) is 24.3 Å². The molecule has 0 amide bonds. The Kier molecular flexibility index (Phi) is 7.67. The summed E-state index contributed by atoms with van der Waals surface area (Å²) in [6.45, 7) is 0. The number of unbranched alkanes of at least 4 members (excludes halogenated alkanes) is 1. The number of carbonyl (C=O) groups is 2. The topological polar surface area (TPSA) is 86.5 Å². The number of nitro groups is 1. The first-order valence-corrected chi connectivity index (χ1v) is 8.87. The van der Waals surface area contributed by atoms with Gasteiger partial charge in [-0.25, -0.2) is 0 Å². The van der Waals surface area contributed by atoms with Crippen LogP contribution in [0.1, 0.15) is 36.8 Å². The molecule has 0 aromatic heterocycles. The maximum Gasteiger partial charge on any atom is 0.269 e. The molecule has 27 heavy (non-hydrogen) atoms. The van der Waals surface area contributed by atoms with Gasteiger partial charge in [0.1, 0.15) is 17.3 Å². The minimum atomic E-state index is -0.464. The molecular weight excluding hydrogens is 346 g/mol. The fourth-order valence-corrected chi connectivity index (χ4v) is 2.79. The zero-order valence-corrected chi connectivity index (χ0v) is 15.3. The fraction of sp³-hybridized carbons (Fsp3) is 0.333. The zero-order valence-electron chi connectivity index (χ0n) is 15.3. The summed E-state index contributed by atoms with van der Waals surface area (Å²) in [5.74, 6) is 0.951. The molecule has 0 spiro atoms. The van der Waals surface area contributed by atoms with Crippen LogP contribution >= 0.6 is 0 Å². The first-order valence-electron chi connectivity index (χ1n) is 8.87. The number of hydrogen-bond acceptors (Lipinski definition) is 5. The van der Waals surface area contributed by atoms with E-state index in [1.807, 2.05) is 24.3 Å². The summed E-state index contributed by atoms with van der Waals surface area (Å²) in [6.07, 6.45) is 2.82. The fourth-order valence-electron chi connectivity index (χ4n) is 2.79. The van der Waals surface area contributed by atoms with E-state index in [-0.39, 0.29) is 23.7 Å². The molecule has 2 aromatic rings. The van der Waals surface area contributed by atoms with Gasteiger partial charge >= 0.3 is 0 Å². The Hall–Kier alpha value is -3.02. The third-order valence-corrected chi connectivity index (χ3v) is 4.25. The van der Waals surface area contributed by atoms with Gasteiger partial charge < -0.3 is 4.74 Å². The van der Waals surface area contributed by atoms with Crippen LogP contribution in [-0.2, 0) is 22.4 Å². The lowest BCUT2D eigenvalue weighted by atomic mass is 10.0. The van der Waals surface area contributed by atoms with Crippen molar-refractivity contribution < 1.29 is 19.2 Å². The van der Waals surface area contributed by atoms with Gasteiger partial charge in [0.2, 0.25) is 0 Å². The Morgan fingerprint density at radius 1 is 0.926 bits per heavy atom. The molecule has 0 atom stereocenters. The molecule has 0 aliphatic heterocycles. The number of methoxy groups -OCH3 is 1. The zero-order chi connectivity index (χ0) is 19.6. The van der Waals surface area contributed by atoms with Gasteiger partial charge in [0.15, 0.2) is 0 Å². The number of ether oxygens (including phenoxy) is 1. The summed E-state index contributed by atoms with van der Waals surface area (Å²) < 4.78 is 5.15. The normalized spacial score (nSPS) is 10.4. The average Bonchev–Trinajstić information content (AvgIpc) is 2.66. The predicted molar refractivity (Wildman–Crippen MR) is 102 cm³/mol. The van der Waals surface area contributed by atoms with E-state index in [1.54, 1.807) is 19.2 Å². The Morgan fingerprint density at radius 3 is 2.07 bits per heavy atom. The highest BCUT2D eigenvalue weighted by molar-refractivity contribution is 5.82. The van der Waals surface area contributed by atoms with E-state index in [2.05, 4.69) is 0 Å². The third kappa shape index (κ3) is 7.01. The largest absolute Gasteiger partial charge is 0.497 e. The Morgan fingerprint density at radius 2 is 1.52 bits per heavy atom. The number of ketones is 2. The Balaban J connectivity index is 1.67. The van der Waals surface area contributed by atoms with Gasteiger partial charge in [0, 0.05) is 37.8 Å². The minimum absolute atomic E-state index is 0.0146. The molecule has 0 heterocycles. The van der Waals surface area contributed by atoms with Crippen molar-refractivity contribution in [1.29, 1.82) is 0 Å². The van der Waals surface area contributed by atoms with Crippen LogP contribution in [0.25, 0.3) is 0 Å². The summed E-state index contributed by atoms with van der Waals surface area (Å²) in [4.78, 5) is 34.2. The number of hydrogen-bond donors (Lipinski definition) is 0. The van der Waals surface area contributed by atoms with Gasteiger partial charge in [-0.2, -0.15) is 0 Å². The van der Waals surface area contributed by atoms with Crippen LogP contribution in [0.3, 0.4) is 0 Å². The number of Topliss-reactive ketones (excluding diaryl/α,β-unsaturated/α-hetero) is 2. The molecule has 0 bridgehead atoms. The van der Waals surface area contributed by atoms with Crippen LogP contribution in [-0.4, -0.2) is 23.6 Å². The van der Waals surface area contributed by atoms with Crippen molar-refractivity contribution in [3.8, 4) is 5.75 Å². The first-order chi connectivity index (χ1) is 13.0. The van der Waals surface area contributed by atoms with Crippen LogP contribution in [0, 0.1) is 10.1 Å². The maximum absolute atomic E-state index is 12.1. The molecule has 6 heteroatoms. The Bertz CT molecular complexity index is 798. The smallest absolute Gasteiger partial charge is 0.269 e. The van der Waals surface area contributed by atoms with Gasteiger partial charge in [0.25, 0.3) is 5.69 Å². The van der Waals surface area contributed by atoms with Crippen molar-refractivity contribution in [2.45, 2.75) is 38.5 Å². The SMILES string of the molecule is COc1cccc(CC(=O)CCCCC(=O)Cc2ccc([N+](=O)[O-])cc2)c1. The monoisotopic (exact) mass is 369 g/mol. The second kappa shape index (κ2) is 10.2. The summed E-state index contributed by atoms with van der Waals surface area (Å²) in [5.41, 5.74) is 1.70. The first kappa shape index (κ1) is 20.3. The van der Waals surface area contributed by atoms with Crippen molar-refractivity contribution in [2.75, 3.05) is 7.11 Å². The van der Waals surface area contributed by atoms with E-state index in [0.29, 0.717) is 32.1 Å². The predicted octanol–water partition coefficient (Wildman–Crippen LogP) is 4.09.